The summed E-state index contributed by atoms with van der Waals surface area (Å²) in [5.41, 5.74) is 1.52. The Morgan fingerprint density at radius 1 is 1.00 bits per heavy atom. The van der Waals surface area contributed by atoms with E-state index >= 15 is 0 Å². The molecule has 0 bridgehead atoms. The Bertz CT molecular complexity index is 1410. The highest BCUT2D eigenvalue weighted by atomic mass is 32.2. The smallest absolute Gasteiger partial charge is 0.261 e. The number of rotatable bonds is 8. The molecule has 0 atom stereocenters. The van der Waals surface area contributed by atoms with E-state index in [0.29, 0.717) is 30.1 Å². The monoisotopic (exact) mass is 495 g/mol. The van der Waals surface area contributed by atoms with E-state index in [2.05, 4.69) is 5.32 Å². The number of carbonyl (C=O) groups excluding carboxylic acids is 3. The Morgan fingerprint density at radius 2 is 1.71 bits per heavy atom. The molecule has 0 saturated carbocycles. The average Bonchev–Trinajstić information content (AvgIpc) is 3.43. The molecule has 3 amide bonds. The van der Waals surface area contributed by atoms with Gasteiger partial charge in [-0.25, -0.2) is 8.42 Å². The fraction of sp³-hybridized carbons (Fsp3) is 0.240. The lowest BCUT2D eigenvalue weighted by Crippen LogP contribution is -2.30. The maximum Gasteiger partial charge on any atom is 0.261 e. The molecule has 0 aliphatic carbocycles. The molecule has 1 N–H and O–H groups in total. The summed E-state index contributed by atoms with van der Waals surface area (Å²) in [6, 6.07) is 12.2. The van der Waals surface area contributed by atoms with Gasteiger partial charge in [0.05, 0.1) is 28.8 Å². The van der Waals surface area contributed by atoms with E-state index in [0.717, 1.165) is 4.90 Å². The Hall–Kier alpha value is -3.76. The normalized spacial score (nSPS) is 13.4. The van der Waals surface area contributed by atoms with Gasteiger partial charge in [-0.2, -0.15) is 4.31 Å². The summed E-state index contributed by atoms with van der Waals surface area (Å²) in [5, 5.41) is 2.73. The molecule has 3 aromatic rings. The van der Waals surface area contributed by atoms with E-state index in [9.17, 15) is 22.8 Å². The molecule has 2 heterocycles. The van der Waals surface area contributed by atoms with Gasteiger partial charge in [-0.15, -0.1) is 0 Å². The molecule has 182 valence electrons. The Kier molecular flexibility index (Phi) is 6.60. The molecular formula is C25H25N3O6S. The maximum atomic E-state index is 13.0. The minimum absolute atomic E-state index is 0.00608. The highest BCUT2D eigenvalue weighted by molar-refractivity contribution is 7.89. The van der Waals surface area contributed by atoms with Crippen LogP contribution in [0.5, 0.6) is 0 Å². The number of furan rings is 1. The SMILES string of the molecule is CCN(CC)S(=O)(=O)c1ccc(C)c(NC(=O)c2ccc3c(c2)C(=O)N(Cc2ccco2)C3=O)c1. The number of imide groups is 1. The van der Waals surface area contributed by atoms with Crippen molar-refractivity contribution in [3.05, 3.63) is 82.8 Å². The van der Waals surface area contributed by atoms with Gasteiger partial charge in [0, 0.05) is 24.3 Å². The summed E-state index contributed by atoms with van der Waals surface area (Å²) in [6.45, 7) is 5.91. The molecule has 0 radical (unpaired) electrons. The van der Waals surface area contributed by atoms with Crippen molar-refractivity contribution in [2.24, 2.45) is 0 Å². The minimum Gasteiger partial charge on any atom is -0.467 e. The summed E-state index contributed by atoms with van der Waals surface area (Å²) < 4.78 is 32.3. The molecule has 0 spiro atoms. The summed E-state index contributed by atoms with van der Waals surface area (Å²) in [5.74, 6) is -1.04. The molecule has 1 aromatic heterocycles. The van der Waals surface area contributed by atoms with Crippen LogP contribution in [0.1, 0.15) is 56.2 Å². The van der Waals surface area contributed by atoms with Gasteiger partial charge in [-0.3, -0.25) is 19.3 Å². The second-order valence-corrected chi connectivity index (χ2v) is 9.99. The van der Waals surface area contributed by atoms with Crippen molar-refractivity contribution < 1.29 is 27.2 Å². The van der Waals surface area contributed by atoms with Gasteiger partial charge in [0.15, 0.2) is 0 Å². The third-order valence-electron chi connectivity index (χ3n) is 5.93. The van der Waals surface area contributed by atoms with Crippen LogP contribution < -0.4 is 5.32 Å². The van der Waals surface area contributed by atoms with Crippen LogP contribution in [0.4, 0.5) is 5.69 Å². The summed E-state index contributed by atoms with van der Waals surface area (Å²) in [7, 11) is -3.70. The molecule has 10 heteroatoms. The van der Waals surface area contributed by atoms with Crippen LogP contribution in [0, 0.1) is 6.92 Å². The minimum atomic E-state index is -3.70. The Labute approximate surface area is 203 Å². The lowest BCUT2D eigenvalue weighted by molar-refractivity contribution is 0.0631. The first-order chi connectivity index (χ1) is 16.7. The van der Waals surface area contributed by atoms with Crippen LogP contribution in [0.2, 0.25) is 0 Å². The van der Waals surface area contributed by atoms with Crippen molar-refractivity contribution in [2.75, 3.05) is 18.4 Å². The van der Waals surface area contributed by atoms with E-state index in [1.807, 2.05) is 0 Å². The Balaban J connectivity index is 1.58. The number of fused-ring (bicyclic) bond motifs is 1. The molecule has 0 fully saturated rings. The number of sulfonamides is 1. The van der Waals surface area contributed by atoms with Gasteiger partial charge in [-0.1, -0.05) is 19.9 Å². The van der Waals surface area contributed by atoms with Crippen molar-refractivity contribution in [1.82, 2.24) is 9.21 Å². The lowest BCUT2D eigenvalue weighted by Gasteiger charge is -2.19. The summed E-state index contributed by atoms with van der Waals surface area (Å²) >= 11 is 0. The molecule has 9 nitrogen and oxygen atoms in total. The predicted octanol–water partition coefficient (Wildman–Crippen LogP) is 3.67. The van der Waals surface area contributed by atoms with Gasteiger partial charge in [-0.05, 0) is 55.0 Å². The topological polar surface area (TPSA) is 117 Å². The van der Waals surface area contributed by atoms with Gasteiger partial charge in [0.25, 0.3) is 17.7 Å². The van der Waals surface area contributed by atoms with Crippen molar-refractivity contribution >= 4 is 33.4 Å². The molecule has 4 rings (SSSR count). The number of nitrogens with zero attached hydrogens (tertiary/aromatic N) is 2. The third-order valence-corrected chi connectivity index (χ3v) is 7.97. The second kappa shape index (κ2) is 9.47. The Morgan fingerprint density at radius 3 is 2.37 bits per heavy atom. The number of carbonyl (C=O) groups is 3. The zero-order valence-corrected chi connectivity index (χ0v) is 20.4. The van der Waals surface area contributed by atoms with Gasteiger partial charge < -0.3 is 9.73 Å². The molecule has 1 aliphatic rings. The molecular weight excluding hydrogens is 470 g/mol. The van der Waals surface area contributed by atoms with Crippen LogP contribution in [-0.4, -0.2) is 48.4 Å². The number of benzene rings is 2. The molecule has 2 aromatic carbocycles. The number of aryl methyl sites for hydroxylation is 1. The first kappa shape index (κ1) is 24.4. The fourth-order valence-corrected chi connectivity index (χ4v) is 5.42. The molecule has 35 heavy (non-hydrogen) atoms. The predicted molar refractivity (Wildman–Crippen MR) is 129 cm³/mol. The fourth-order valence-electron chi connectivity index (χ4n) is 3.94. The van der Waals surface area contributed by atoms with Crippen molar-refractivity contribution in [3.63, 3.8) is 0 Å². The van der Waals surface area contributed by atoms with Gasteiger partial charge in [0.2, 0.25) is 10.0 Å². The first-order valence-electron chi connectivity index (χ1n) is 11.1. The quantitative estimate of drug-likeness (QED) is 0.477. The van der Waals surface area contributed by atoms with E-state index in [1.165, 1.54) is 40.9 Å². The molecule has 1 aliphatic heterocycles. The van der Waals surface area contributed by atoms with Crippen LogP contribution in [0.25, 0.3) is 0 Å². The lowest BCUT2D eigenvalue weighted by atomic mass is 10.0. The zero-order valence-electron chi connectivity index (χ0n) is 19.6. The average molecular weight is 496 g/mol. The highest BCUT2D eigenvalue weighted by Crippen LogP contribution is 2.27. The zero-order chi connectivity index (χ0) is 25.3. The standard InChI is InChI=1S/C25H25N3O6S/c1-4-27(5-2)35(32,33)19-10-8-16(3)22(14-19)26-23(29)17-9-11-20-21(13-17)25(31)28(24(20)30)15-18-7-6-12-34-18/h6-14H,4-5,15H2,1-3H3,(H,26,29). The van der Waals surface area contributed by atoms with E-state index in [-0.39, 0.29) is 28.1 Å². The highest BCUT2D eigenvalue weighted by Gasteiger charge is 2.36. The van der Waals surface area contributed by atoms with Gasteiger partial charge >= 0.3 is 0 Å². The second-order valence-electron chi connectivity index (χ2n) is 8.06. The van der Waals surface area contributed by atoms with E-state index in [4.69, 9.17) is 4.42 Å². The first-order valence-corrected chi connectivity index (χ1v) is 12.6. The number of hydrogen-bond acceptors (Lipinski definition) is 6. The number of anilines is 1. The van der Waals surface area contributed by atoms with E-state index < -0.39 is 27.7 Å². The molecule has 0 saturated heterocycles. The summed E-state index contributed by atoms with van der Waals surface area (Å²) in [4.78, 5) is 39.7. The number of nitrogens with one attached hydrogen (secondary N) is 1. The van der Waals surface area contributed by atoms with Crippen molar-refractivity contribution in [3.8, 4) is 0 Å². The van der Waals surface area contributed by atoms with Crippen molar-refractivity contribution in [1.29, 1.82) is 0 Å². The van der Waals surface area contributed by atoms with Crippen LogP contribution in [-0.2, 0) is 16.6 Å². The van der Waals surface area contributed by atoms with Crippen molar-refractivity contribution in [2.45, 2.75) is 32.2 Å². The summed E-state index contributed by atoms with van der Waals surface area (Å²) in [6.07, 6.45) is 1.46. The van der Waals surface area contributed by atoms with Crippen LogP contribution in [0.3, 0.4) is 0 Å². The van der Waals surface area contributed by atoms with E-state index in [1.54, 1.807) is 39.0 Å². The number of hydrogen-bond donors (Lipinski definition) is 1. The molecule has 0 unspecified atom stereocenters. The third kappa shape index (κ3) is 4.50. The number of amides is 3. The van der Waals surface area contributed by atoms with Crippen LogP contribution in [0.15, 0.2) is 64.1 Å². The largest absolute Gasteiger partial charge is 0.467 e. The van der Waals surface area contributed by atoms with Crippen LogP contribution >= 0.6 is 0 Å². The maximum absolute atomic E-state index is 13.0. The van der Waals surface area contributed by atoms with Gasteiger partial charge in [0.1, 0.15) is 5.76 Å².